The molecule has 8 heteroatoms. The summed E-state index contributed by atoms with van der Waals surface area (Å²) in [6.45, 7) is 0. The molecule has 0 unspecified atom stereocenters. The number of nitrogens with one attached hydrogen (secondary N) is 1. The molecule has 1 amide bonds. The Morgan fingerprint density at radius 3 is 2.43 bits per heavy atom. The predicted octanol–water partition coefficient (Wildman–Crippen LogP) is 3.63. The van der Waals surface area contributed by atoms with Crippen LogP contribution in [0, 0.1) is 11.8 Å². The zero-order valence-electron chi connectivity index (χ0n) is 10.2. The van der Waals surface area contributed by atoms with Crippen molar-refractivity contribution in [2.45, 2.75) is 6.18 Å². The van der Waals surface area contributed by atoms with Crippen molar-refractivity contribution in [1.82, 2.24) is 4.98 Å². The van der Waals surface area contributed by atoms with Gasteiger partial charge in [-0.2, -0.15) is 17.6 Å². The van der Waals surface area contributed by atoms with Crippen LogP contribution in [-0.2, 0) is 6.18 Å². The highest BCUT2D eigenvalue weighted by Gasteiger charge is 2.31. The van der Waals surface area contributed by atoms with Crippen LogP contribution in [0.3, 0.4) is 0 Å². The number of aromatic nitrogens is 1. The van der Waals surface area contributed by atoms with E-state index < -0.39 is 35.1 Å². The Morgan fingerprint density at radius 2 is 1.81 bits per heavy atom. The quantitative estimate of drug-likeness (QED) is 0.680. The maximum absolute atomic E-state index is 13.4. The number of carbonyl (C=O) groups is 1. The predicted molar refractivity (Wildman–Crippen MR) is 63.6 cm³/mol. The number of alkyl halides is 3. The Bertz CT molecular complexity index is 685. The van der Waals surface area contributed by atoms with E-state index in [0.717, 1.165) is 12.1 Å². The van der Waals surface area contributed by atoms with Crippen molar-refractivity contribution in [3.05, 3.63) is 59.4 Å². The molecule has 3 nitrogen and oxygen atoms in total. The molecule has 21 heavy (non-hydrogen) atoms. The molecule has 0 saturated carbocycles. The number of rotatable bonds is 2. The number of benzene rings is 1. The van der Waals surface area contributed by atoms with Gasteiger partial charge in [-0.1, -0.05) is 6.07 Å². The van der Waals surface area contributed by atoms with Crippen LogP contribution in [0.25, 0.3) is 0 Å². The monoisotopic (exact) mass is 302 g/mol. The average Bonchev–Trinajstić information content (AvgIpc) is 2.40. The molecule has 0 saturated heterocycles. The van der Waals surface area contributed by atoms with E-state index in [4.69, 9.17) is 0 Å². The Kier molecular flexibility index (Phi) is 3.88. The molecule has 0 fully saturated rings. The van der Waals surface area contributed by atoms with Crippen LogP contribution in [0.2, 0.25) is 0 Å². The van der Waals surface area contributed by atoms with Gasteiger partial charge in [0.25, 0.3) is 5.91 Å². The van der Waals surface area contributed by atoms with Crippen LogP contribution in [0.15, 0.2) is 36.4 Å². The lowest BCUT2D eigenvalue weighted by atomic mass is 10.2. The van der Waals surface area contributed by atoms with Gasteiger partial charge < -0.3 is 5.32 Å². The highest BCUT2D eigenvalue weighted by atomic mass is 19.4. The molecule has 2 aromatic rings. The number of halogens is 5. The fourth-order valence-electron chi connectivity index (χ4n) is 1.52. The molecule has 0 bridgehead atoms. The molecule has 0 aliphatic carbocycles. The first-order valence-corrected chi connectivity index (χ1v) is 5.58. The number of carbonyl (C=O) groups excluding carboxylic acids is 1. The smallest absolute Gasteiger partial charge is 0.318 e. The van der Waals surface area contributed by atoms with Gasteiger partial charge in [-0.25, -0.2) is 9.37 Å². The first-order chi connectivity index (χ1) is 9.77. The van der Waals surface area contributed by atoms with E-state index >= 15 is 0 Å². The van der Waals surface area contributed by atoms with Crippen molar-refractivity contribution < 1.29 is 26.7 Å². The molecule has 1 heterocycles. The zero-order chi connectivity index (χ0) is 15.6. The standard InChI is InChI=1S/C13H7F5N2O/c14-8-5-4-7(13(16,17)18)6-10(8)20-12(21)9-2-1-3-11(15)19-9/h1-6H,(H,20,21). The average molecular weight is 302 g/mol. The summed E-state index contributed by atoms with van der Waals surface area (Å²) in [4.78, 5) is 14.9. The van der Waals surface area contributed by atoms with E-state index in [1.54, 1.807) is 0 Å². The molecular formula is C13H7F5N2O. The van der Waals surface area contributed by atoms with Crippen LogP contribution in [-0.4, -0.2) is 10.9 Å². The van der Waals surface area contributed by atoms with E-state index in [0.29, 0.717) is 18.2 Å². The Morgan fingerprint density at radius 1 is 1.10 bits per heavy atom. The molecule has 1 aromatic heterocycles. The Hall–Kier alpha value is -2.51. The third-order valence-corrected chi connectivity index (χ3v) is 2.49. The fraction of sp³-hybridized carbons (Fsp3) is 0.0769. The topological polar surface area (TPSA) is 42.0 Å². The molecule has 0 aliphatic heterocycles. The van der Waals surface area contributed by atoms with E-state index in [2.05, 4.69) is 4.98 Å². The third kappa shape index (κ3) is 3.53. The van der Waals surface area contributed by atoms with Crippen LogP contribution >= 0.6 is 0 Å². The van der Waals surface area contributed by atoms with Crippen molar-refractivity contribution >= 4 is 11.6 Å². The Labute approximate surface area is 115 Å². The van der Waals surface area contributed by atoms with Crippen molar-refractivity contribution in [2.75, 3.05) is 5.32 Å². The summed E-state index contributed by atoms with van der Waals surface area (Å²) in [5.74, 6) is -3.01. The normalized spacial score (nSPS) is 11.3. The molecule has 110 valence electrons. The highest BCUT2D eigenvalue weighted by molar-refractivity contribution is 6.02. The first-order valence-electron chi connectivity index (χ1n) is 5.58. The second-order valence-electron chi connectivity index (χ2n) is 3.99. The number of pyridine rings is 1. The number of nitrogens with zero attached hydrogens (tertiary/aromatic N) is 1. The van der Waals surface area contributed by atoms with Crippen molar-refractivity contribution in [1.29, 1.82) is 0 Å². The lowest BCUT2D eigenvalue weighted by Crippen LogP contribution is -2.16. The Balaban J connectivity index is 2.29. The third-order valence-electron chi connectivity index (χ3n) is 2.49. The van der Waals surface area contributed by atoms with Gasteiger partial charge in [0.05, 0.1) is 11.3 Å². The first kappa shape index (κ1) is 14.9. The molecule has 0 radical (unpaired) electrons. The van der Waals surface area contributed by atoms with Gasteiger partial charge in [-0.05, 0) is 30.3 Å². The van der Waals surface area contributed by atoms with E-state index in [-0.39, 0.29) is 5.69 Å². The summed E-state index contributed by atoms with van der Waals surface area (Å²) in [6.07, 6.45) is -4.68. The minimum Gasteiger partial charge on any atom is -0.318 e. The summed E-state index contributed by atoms with van der Waals surface area (Å²) in [7, 11) is 0. The number of anilines is 1. The summed E-state index contributed by atoms with van der Waals surface area (Å²) in [5, 5.41) is 1.92. The maximum atomic E-state index is 13.4. The minimum absolute atomic E-state index is 0.383. The fourth-order valence-corrected chi connectivity index (χ4v) is 1.52. The van der Waals surface area contributed by atoms with Gasteiger partial charge >= 0.3 is 6.18 Å². The van der Waals surface area contributed by atoms with E-state index in [9.17, 15) is 26.7 Å². The number of hydrogen-bond donors (Lipinski definition) is 1. The summed E-state index contributed by atoms with van der Waals surface area (Å²) < 4.78 is 63.8. The van der Waals surface area contributed by atoms with Crippen molar-refractivity contribution in [3.8, 4) is 0 Å². The second kappa shape index (κ2) is 5.47. The van der Waals surface area contributed by atoms with Gasteiger partial charge in [0.15, 0.2) is 0 Å². The largest absolute Gasteiger partial charge is 0.416 e. The van der Waals surface area contributed by atoms with Crippen LogP contribution < -0.4 is 5.32 Å². The molecule has 0 atom stereocenters. The van der Waals surface area contributed by atoms with Crippen molar-refractivity contribution in [2.24, 2.45) is 0 Å². The lowest BCUT2D eigenvalue weighted by molar-refractivity contribution is -0.137. The summed E-state index contributed by atoms with van der Waals surface area (Å²) >= 11 is 0. The van der Waals surface area contributed by atoms with Crippen molar-refractivity contribution in [3.63, 3.8) is 0 Å². The molecular weight excluding hydrogens is 295 g/mol. The van der Waals surface area contributed by atoms with Gasteiger partial charge in [-0.3, -0.25) is 4.79 Å². The van der Waals surface area contributed by atoms with Crippen LogP contribution in [0.4, 0.5) is 27.6 Å². The molecule has 2 rings (SSSR count). The second-order valence-corrected chi connectivity index (χ2v) is 3.99. The van der Waals surface area contributed by atoms with Gasteiger partial charge in [0, 0.05) is 0 Å². The van der Waals surface area contributed by atoms with E-state index in [1.807, 2.05) is 5.32 Å². The highest BCUT2D eigenvalue weighted by Crippen LogP contribution is 2.31. The summed E-state index contributed by atoms with van der Waals surface area (Å²) in [6, 6.07) is 4.90. The van der Waals surface area contributed by atoms with E-state index in [1.165, 1.54) is 6.07 Å². The number of amides is 1. The molecule has 0 aliphatic rings. The molecule has 0 spiro atoms. The van der Waals surface area contributed by atoms with Gasteiger partial charge in [-0.15, -0.1) is 0 Å². The lowest BCUT2D eigenvalue weighted by Gasteiger charge is -2.10. The SMILES string of the molecule is O=C(Nc1cc(C(F)(F)F)ccc1F)c1cccc(F)n1. The van der Waals surface area contributed by atoms with Crippen LogP contribution in [0.5, 0.6) is 0 Å². The molecule has 1 aromatic carbocycles. The molecule has 1 N–H and O–H groups in total. The summed E-state index contributed by atoms with van der Waals surface area (Å²) in [5.41, 5.74) is -2.17. The maximum Gasteiger partial charge on any atom is 0.416 e. The van der Waals surface area contributed by atoms with Gasteiger partial charge in [0.1, 0.15) is 11.5 Å². The zero-order valence-corrected chi connectivity index (χ0v) is 10.2. The van der Waals surface area contributed by atoms with Crippen LogP contribution in [0.1, 0.15) is 16.1 Å². The minimum atomic E-state index is -4.68. The number of hydrogen-bond acceptors (Lipinski definition) is 2. The van der Waals surface area contributed by atoms with Gasteiger partial charge in [0.2, 0.25) is 5.95 Å².